The van der Waals surface area contributed by atoms with E-state index in [1.54, 1.807) is 28.8 Å². The molecule has 0 saturated carbocycles. The predicted molar refractivity (Wildman–Crippen MR) is 110 cm³/mol. The lowest BCUT2D eigenvalue weighted by molar-refractivity contribution is 0.0972. The third-order valence-electron chi connectivity index (χ3n) is 4.56. The van der Waals surface area contributed by atoms with Crippen LogP contribution in [0.2, 0.25) is 0 Å². The first-order valence-electron chi connectivity index (χ1n) is 8.53. The molecule has 0 amide bonds. The van der Waals surface area contributed by atoms with E-state index >= 15 is 0 Å². The van der Waals surface area contributed by atoms with E-state index in [1.165, 1.54) is 11.9 Å². The molecule has 0 aliphatic rings. The Morgan fingerprint density at radius 1 is 1.15 bits per heavy atom. The van der Waals surface area contributed by atoms with Gasteiger partial charge in [-0.05, 0) is 49.2 Å². The van der Waals surface area contributed by atoms with E-state index in [9.17, 15) is 13.2 Å². The van der Waals surface area contributed by atoms with E-state index in [0.717, 1.165) is 40.0 Å². The lowest BCUT2D eigenvalue weighted by Gasteiger charge is -2.15. The summed E-state index contributed by atoms with van der Waals surface area (Å²) in [4.78, 5) is 14.1. The summed E-state index contributed by atoms with van der Waals surface area (Å²) in [7, 11) is -2.18. The number of hydrogen-bond donors (Lipinski definition) is 0. The number of nitrogens with zero attached hydrogens (tertiary/aromatic N) is 2. The number of rotatable bonds is 8. The zero-order valence-corrected chi connectivity index (χ0v) is 18.0. The van der Waals surface area contributed by atoms with Crippen LogP contribution in [0.3, 0.4) is 0 Å². The topological polar surface area (TPSA) is 59.4 Å². The quantitative estimate of drug-likeness (QED) is 0.516. The van der Waals surface area contributed by atoms with Crippen molar-refractivity contribution in [2.75, 3.05) is 13.6 Å². The van der Waals surface area contributed by atoms with Gasteiger partial charge in [0.1, 0.15) is 4.21 Å². The van der Waals surface area contributed by atoms with Crippen LogP contribution in [0.1, 0.15) is 26.6 Å². The van der Waals surface area contributed by atoms with Crippen molar-refractivity contribution in [1.82, 2.24) is 8.87 Å². The van der Waals surface area contributed by atoms with Crippen molar-refractivity contribution in [2.45, 2.75) is 31.0 Å². The SMILES string of the molecule is Cc1cc(C(=O)CN(C)S(=O)(=O)c2cccs2)c(C)n1CCc1cccs1. The molecule has 0 unspecified atom stereocenters. The van der Waals surface area contributed by atoms with Crippen LogP contribution in [-0.2, 0) is 23.0 Å². The van der Waals surface area contributed by atoms with E-state index in [-0.39, 0.29) is 16.5 Å². The van der Waals surface area contributed by atoms with E-state index in [2.05, 4.69) is 16.0 Å². The van der Waals surface area contributed by atoms with Crippen LogP contribution in [0.15, 0.2) is 45.3 Å². The standard InChI is InChI=1S/C19H22N2O3S3/c1-14-12-17(15(2)21(14)9-8-16-6-4-10-25-16)18(22)13-20(3)27(23,24)19-7-5-11-26-19/h4-7,10-12H,8-9,13H2,1-3H3. The second kappa shape index (κ2) is 8.10. The minimum Gasteiger partial charge on any atom is -0.348 e. The molecule has 0 bridgehead atoms. The van der Waals surface area contributed by atoms with Crippen LogP contribution >= 0.6 is 22.7 Å². The molecule has 3 aromatic heterocycles. The van der Waals surface area contributed by atoms with Crippen LogP contribution in [-0.4, -0.2) is 36.7 Å². The summed E-state index contributed by atoms with van der Waals surface area (Å²) in [5.74, 6) is -0.187. The Hall–Kier alpha value is -1.74. The maximum atomic E-state index is 12.8. The molecule has 3 aromatic rings. The number of ketones is 1. The van der Waals surface area contributed by atoms with E-state index in [0.29, 0.717) is 5.56 Å². The first-order chi connectivity index (χ1) is 12.8. The van der Waals surface area contributed by atoms with Gasteiger partial charge in [0.15, 0.2) is 5.78 Å². The summed E-state index contributed by atoms with van der Waals surface area (Å²) in [5.41, 5.74) is 2.49. The Balaban J connectivity index is 1.74. The highest BCUT2D eigenvalue weighted by molar-refractivity contribution is 7.91. The van der Waals surface area contributed by atoms with Gasteiger partial charge in [-0.3, -0.25) is 4.79 Å². The largest absolute Gasteiger partial charge is 0.348 e. The minimum absolute atomic E-state index is 0.171. The summed E-state index contributed by atoms with van der Waals surface area (Å²) in [6.07, 6.45) is 0.911. The van der Waals surface area contributed by atoms with Gasteiger partial charge < -0.3 is 4.57 Å². The molecule has 0 N–H and O–H groups in total. The maximum absolute atomic E-state index is 12.8. The van der Waals surface area contributed by atoms with Crippen molar-refractivity contribution < 1.29 is 13.2 Å². The number of sulfonamides is 1. The average molecular weight is 423 g/mol. The van der Waals surface area contributed by atoms with Gasteiger partial charge in [0.25, 0.3) is 10.0 Å². The van der Waals surface area contributed by atoms with Gasteiger partial charge in [-0.2, -0.15) is 4.31 Å². The zero-order chi connectivity index (χ0) is 19.6. The highest BCUT2D eigenvalue weighted by Gasteiger charge is 2.25. The number of Topliss-reactive ketones (excluding diaryl/α,β-unsaturated/α-hetero) is 1. The number of aromatic nitrogens is 1. The molecule has 0 spiro atoms. The third kappa shape index (κ3) is 4.24. The zero-order valence-electron chi connectivity index (χ0n) is 15.5. The highest BCUT2D eigenvalue weighted by atomic mass is 32.2. The smallest absolute Gasteiger partial charge is 0.252 e. The fraction of sp³-hybridized carbons (Fsp3) is 0.316. The molecule has 0 aliphatic carbocycles. The van der Waals surface area contributed by atoms with E-state index in [4.69, 9.17) is 0 Å². The molecule has 27 heavy (non-hydrogen) atoms. The molecule has 0 atom stereocenters. The molecule has 5 nitrogen and oxygen atoms in total. The molecule has 0 fully saturated rings. The lowest BCUT2D eigenvalue weighted by atomic mass is 10.1. The number of thiophene rings is 2. The minimum atomic E-state index is -3.63. The number of carbonyl (C=O) groups is 1. The van der Waals surface area contributed by atoms with Crippen molar-refractivity contribution in [3.8, 4) is 0 Å². The number of hydrogen-bond acceptors (Lipinski definition) is 5. The van der Waals surface area contributed by atoms with Gasteiger partial charge in [-0.15, -0.1) is 22.7 Å². The Morgan fingerprint density at radius 3 is 2.48 bits per heavy atom. The molecule has 0 saturated heterocycles. The summed E-state index contributed by atoms with van der Waals surface area (Å²) in [6.45, 7) is 4.52. The summed E-state index contributed by atoms with van der Waals surface area (Å²) < 4.78 is 28.6. The van der Waals surface area contributed by atoms with Crippen LogP contribution in [0.5, 0.6) is 0 Å². The maximum Gasteiger partial charge on any atom is 0.252 e. The number of aryl methyl sites for hydroxylation is 2. The first kappa shape index (κ1) is 20.0. The van der Waals surface area contributed by atoms with Crippen molar-refractivity contribution in [1.29, 1.82) is 0 Å². The molecule has 0 aromatic carbocycles. The first-order valence-corrected chi connectivity index (χ1v) is 11.7. The average Bonchev–Trinajstić information content (AvgIpc) is 3.35. The monoisotopic (exact) mass is 422 g/mol. The normalized spacial score (nSPS) is 12.0. The number of carbonyl (C=O) groups excluding carboxylic acids is 1. The van der Waals surface area contributed by atoms with Crippen LogP contribution in [0.25, 0.3) is 0 Å². The van der Waals surface area contributed by atoms with Crippen molar-refractivity contribution in [2.24, 2.45) is 0 Å². The van der Waals surface area contributed by atoms with Gasteiger partial charge in [0, 0.05) is 35.4 Å². The van der Waals surface area contributed by atoms with Gasteiger partial charge in [0.05, 0.1) is 6.54 Å². The number of likely N-dealkylation sites (N-methyl/N-ethyl adjacent to an activating group) is 1. The second-order valence-electron chi connectivity index (χ2n) is 6.38. The predicted octanol–water partition coefficient (Wildman–Crippen LogP) is 3.97. The molecule has 0 aliphatic heterocycles. The van der Waals surface area contributed by atoms with Crippen molar-refractivity contribution in [3.63, 3.8) is 0 Å². The molecule has 0 radical (unpaired) electrons. The molecule has 144 valence electrons. The fourth-order valence-electron chi connectivity index (χ4n) is 3.04. The summed E-state index contributed by atoms with van der Waals surface area (Å²) >= 11 is 2.88. The highest BCUT2D eigenvalue weighted by Crippen LogP contribution is 2.22. The van der Waals surface area contributed by atoms with Crippen LogP contribution in [0.4, 0.5) is 0 Å². The third-order valence-corrected chi connectivity index (χ3v) is 8.67. The van der Waals surface area contributed by atoms with E-state index < -0.39 is 10.0 Å². The molecule has 3 rings (SSSR count). The van der Waals surface area contributed by atoms with E-state index in [1.807, 2.05) is 26.0 Å². The molecular formula is C19H22N2O3S3. The van der Waals surface area contributed by atoms with Crippen molar-refractivity contribution >= 4 is 38.5 Å². The van der Waals surface area contributed by atoms with Crippen molar-refractivity contribution in [3.05, 3.63) is 62.9 Å². The summed E-state index contributed by atoms with van der Waals surface area (Å²) in [5, 5.41) is 3.77. The Labute approximate surface area is 167 Å². The molecular weight excluding hydrogens is 400 g/mol. The fourth-order valence-corrected chi connectivity index (χ4v) is 6.07. The Morgan fingerprint density at radius 2 is 1.85 bits per heavy atom. The summed E-state index contributed by atoms with van der Waals surface area (Å²) in [6, 6.07) is 9.24. The Kier molecular flexibility index (Phi) is 6.00. The lowest BCUT2D eigenvalue weighted by Crippen LogP contribution is -2.32. The van der Waals surface area contributed by atoms with Crippen LogP contribution < -0.4 is 0 Å². The van der Waals surface area contributed by atoms with Crippen LogP contribution in [0, 0.1) is 13.8 Å². The van der Waals surface area contributed by atoms with Gasteiger partial charge in [0.2, 0.25) is 0 Å². The Bertz CT molecular complexity index is 1020. The van der Waals surface area contributed by atoms with Gasteiger partial charge in [-0.25, -0.2) is 8.42 Å². The molecule has 8 heteroatoms. The van der Waals surface area contributed by atoms with Gasteiger partial charge in [-0.1, -0.05) is 12.1 Å². The molecule has 3 heterocycles. The second-order valence-corrected chi connectivity index (χ2v) is 10.6. The van der Waals surface area contributed by atoms with Gasteiger partial charge >= 0.3 is 0 Å².